The summed E-state index contributed by atoms with van der Waals surface area (Å²) < 4.78 is 0. The molecule has 3 aromatic carbocycles. The summed E-state index contributed by atoms with van der Waals surface area (Å²) >= 11 is 1.44. The Morgan fingerprint density at radius 2 is 1.56 bits per heavy atom. The number of nitrogens with one attached hydrogen (secondary N) is 1. The van der Waals surface area contributed by atoms with Gasteiger partial charge in [0.25, 0.3) is 5.91 Å². The van der Waals surface area contributed by atoms with Crippen molar-refractivity contribution in [2.45, 2.75) is 49.5 Å². The third-order valence-corrected chi connectivity index (χ3v) is 7.56. The van der Waals surface area contributed by atoms with Crippen molar-refractivity contribution in [2.24, 2.45) is 0 Å². The zero-order valence-electron chi connectivity index (χ0n) is 19.7. The number of benzene rings is 3. The van der Waals surface area contributed by atoms with Gasteiger partial charge in [0.05, 0.1) is 11.3 Å². The van der Waals surface area contributed by atoms with Crippen LogP contribution in [0.25, 0.3) is 0 Å². The van der Waals surface area contributed by atoms with Crippen LogP contribution in [0.15, 0.2) is 83.8 Å². The highest BCUT2D eigenvalue weighted by Gasteiger charge is 2.22. The third-order valence-electron chi connectivity index (χ3n) is 6.50. The smallest absolute Gasteiger partial charge is 0.256 e. The molecule has 0 heterocycles. The van der Waals surface area contributed by atoms with E-state index in [2.05, 4.69) is 17.4 Å². The number of hydrogen-bond acceptors (Lipinski definition) is 3. The molecule has 176 valence electrons. The lowest BCUT2D eigenvalue weighted by Crippen LogP contribution is -2.39. The van der Waals surface area contributed by atoms with E-state index in [0.29, 0.717) is 17.4 Å². The van der Waals surface area contributed by atoms with Crippen LogP contribution in [0.4, 0.5) is 5.69 Å². The highest BCUT2D eigenvalue weighted by atomic mass is 32.2. The fourth-order valence-electron chi connectivity index (χ4n) is 4.50. The summed E-state index contributed by atoms with van der Waals surface area (Å²) in [5.41, 5.74) is 3.66. The Morgan fingerprint density at radius 3 is 2.35 bits per heavy atom. The average Bonchev–Trinajstić information content (AvgIpc) is 2.89. The van der Waals surface area contributed by atoms with E-state index >= 15 is 0 Å². The fraction of sp³-hybridized carbons (Fsp3) is 0.310. The maximum Gasteiger partial charge on any atom is 0.256 e. The van der Waals surface area contributed by atoms with Crippen molar-refractivity contribution in [3.8, 4) is 0 Å². The summed E-state index contributed by atoms with van der Waals surface area (Å²) in [5, 5.41) is 3.10. The quantitative estimate of drug-likeness (QED) is 0.385. The second-order valence-electron chi connectivity index (χ2n) is 8.85. The number of hydrogen-bond donors (Lipinski definition) is 1. The summed E-state index contributed by atoms with van der Waals surface area (Å²) in [6.07, 6.45) is 6.59. The molecule has 1 aliphatic carbocycles. The summed E-state index contributed by atoms with van der Waals surface area (Å²) in [4.78, 5) is 28.8. The van der Waals surface area contributed by atoms with Gasteiger partial charge in [-0.1, -0.05) is 79.9 Å². The van der Waals surface area contributed by atoms with Crippen molar-refractivity contribution in [1.82, 2.24) is 4.90 Å². The maximum absolute atomic E-state index is 13.2. The number of carbonyl (C=O) groups is 2. The van der Waals surface area contributed by atoms with Crippen molar-refractivity contribution in [1.29, 1.82) is 0 Å². The molecule has 0 spiro atoms. The number of rotatable bonds is 8. The van der Waals surface area contributed by atoms with Crippen LogP contribution in [0.2, 0.25) is 0 Å². The summed E-state index contributed by atoms with van der Waals surface area (Å²) in [6.45, 7) is 0. The standard InChI is InChI=1S/C29H32N2O2S/c1-31(24-15-6-3-7-16-24)28(32)21-34-27-19-11-9-17-25(27)29(33)30-26-18-10-8-14-23(26)20-22-12-4-2-5-13-22/h2,4-5,8-14,17-19,24H,3,6-7,15-16,20-21H2,1H3,(H,30,33). The van der Waals surface area contributed by atoms with Crippen molar-refractivity contribution in [3.05, 3.63) is 95.6 Å². The first-order valence-electron chi connectivity index (χ1n) is 12.0. The normalized spacial score (nSPS) is 13.9. The topological polar surface area (TPSA) is 49.4 Å². The van der Waals surface area contributed by atoms with Gasteiger partial charge in [0.15, 0.2) is 0 Å². The van der Waals surface area contributed by atoms with Crippen molar-refractivity contribution in [3.63, 3.8) is 0 Å². The number of nitrogens with zero attached hydrogens (tertiary/aromatic N) is 1. The van der Waals surface area contributed by atoms with Gasteiger partial charge in [-0.3, -0.25) is 9.59 Å². The van der Waals surface area contributed by atoms with Gasteiger partial charge in [0, 0.05) is 23.7 Å². The first-order chi connectivity index (χ1) is 16.6. The van der Waals surface area contributed by atoms with E-state index in [0.717, 1.165) is 35.4 Å². The van der Waals surface area contributed by atoms with Crippen molar-refractivity contribution in [2.75, 3.05) is 18.1 Å². The van der Waals surface area contributed by atoms with Crippen LogP contribution in [0.3, 0.4) is 0 Å². The molecule has 0 unspecified atom stereocenters. The van der Waals surface area contributed by atoms with Gasteiger partial charge in [0.1, 0.15) is 0 Å². The molecule has 0 radical (unpaired) electrons. The highest BCUT2D eigenvalue weighted by Crippen LogP contribution is 2.27. The van der Waals surface area contributed by atoms with E-state index in [1.54, 1.807) is 0 Å². The molecule has 4 rings (SSSR count). The molecule has 2 amide bonds. The van der Waals surface area contributed by atoms with Gasteiger partial charge >= 0.3 is 0 Å². The Bertz CT molecular complexity index is 1110. The zero-order valence-corrected chi connectivity index (χ0v) is 20.5. The van der Waals surface area contributed by atoms with Crippen LogP contribution in [0.5, 0.6) is 0 Å². The number of thioether (sulfide) groups is 1. The highest BCUT2D eigenvalue weighted by molar-refractivity contribution is 8.00. The zero-order chi connectivity index (χ0) is 23.8. The van der Waals surface area contributed by atoms with Crippen LogP contribution in [0, 0.1) is 0 Å². The Labute approximate surface area is 206 Å². The molecule has 3 aromatic rings. The van der Waals surface area contributed by atoms with Crippen LogP contribution in [0.1, 0.15) is 53.6 Å². The SMILES string of the molecule is CN(C(=O)CSc1ccccc1C(=O)Nc1ccccc1Cc1ccccc1)C1CCCCC1. The predicted molar refractivity (Wildman–Crippen MR) is 140 cm³/mol. The first kappa shape index (κ1) is 24.1. The number of amides is 2. The second-order valence-corrected chi connectivity index (χ2v) is 9.87. The number of anilines is 1. The molecule has 5 heteroatoms. The van der Waals surface area contributed by atoms with Gasteiger partial charge in [-0.2, -0.15) is 0 Å². The minimum absolute atomic E-state index is 0.125. The molecule has 0 aromatic heterocycles. The third kappa shape index (κ3) is 6.29. The number of para-hydroxylation sites is 1. The molecular formula is C29H32N2O2S. The Hall–Kier alpha value is -3.05. The van der Waals surface area contributed by atoms with Crippen LogP contribution < -0.4 is 5.32 Å². The molecule has 0 bridgehead atoms. The summed E-state index contributed by atoms with van der Waals surface area (Å²) in [7, 11) is 1.92. The maximum atomic E-state index is 13.2. The Balaban J connectivity index is 1.42. The lowest BCUT2D eigenvalue weighted by Gasteiger charge is -2.31. The van der Waals surface area contributed by atoms with Crippen LogP contribution in [-0.2, 0) is 11.2 Å². The molecule has 1 N–H and O–H groups in total. The molecule has 0 atom stereocenters. The molecular weight excluding hydrogens is 440 g/mol. The largest absolute Gasteiger partial charge is 0.342 e. The molecule has 1 aliphatic rings. The van der Waals surface area contributed by atoms with Gasteiger partial charge in [-0.25, -0.2) is 0 Å². The predicted octanol–water partition coefficient (Wildman–Crippen LogP) is 6.41. The minimum Gasteiger partial charge on any atom is -0.342 e. The minimum atomic E-state index is -0.156. The van der Waals surface area contributed by atoms with Crippen molar-refractivity contribution >= 4 is 29.3 Å². The Kier molecular flexibility index (Phi) is 8.42. The van der Waals surface area contributed by atoms with E-state index in [-0.39, 0.29) is 11.8 Å². The number of carbonyl (C=O) groups excluding carboxylic acids is 2. The van der Waals surface area contributed by atoms with Crippen molar-refractivity contribution < 1.29 is 9.59 Å². The van der Waals surface area contributed by atoms with E-state index in [9.17, 15) is 9.59 Å². The Morgan fingerprint density at radius 1 is 0.882 bits per heavy atom. The van der Waals surface area contributed by atoms with Crippen LogP contribution in [-0.4, -0.2) is 35.6 Å². The summed E-state index contributed by atoms with van der Waals surface area (Å²) in [5.74, 6) is 0.305. The first-order valence-corrected chi connectivity index (χ1v) is 13.0. The van der Waals surface area contributed by atoms with Gasteiger partial charge in [-0.05, 0) is 48.6 Å². The summed E-state index contributed by atoms with van der Waals surface area (Å²) in [6, 6.07) is 26.0. The molecule has 0 saturated heterocycles. The average molecular weight is 473 g/mol. The van der Waals surface area contributed by atoms with E-state index in [1.807, 2.05) is 78.7 Å². The molecule has 34 heavy (non-hydrogen) atoms. The monoisotopic (exact) mass is 472 g/mol. The van der Waals surface area contributed by atoms with Gasteiger partial charge in [0.2, 0.25) is 5.91 Å². The molecule has 4 nitrogen and oxygen atoms in total. The fourth-order valence-corrected chi connectivity index (χ4v) is 5.47. The van der Waals surface area contributed by atoms with E-state index in [1.165, 1.54) is 36.6 Å². The molecule has 1 fully saturated rings. The molecule has 0 aliphatic heterocycles. The lowest BCUT2D eigenvalue weighted by atomic mass is 9.94. The van der Waals surface area contributed by atoms with E-state index < -0.39 is 0 Å². The van der Waals surface area contributed by atoms with Gasteiger partial charge < -0.3 is 10.2 Å². The van der Waals surface area contributed by atoms with Crippen LogP contribution >= 0.6 is 11.8 Å². The lowest BCUT2D eigenvalue weighted by molar-refractivity contribution is -0.129. The van der Waals surface area contributed by atoms with E-state index in [4.69, 9.17) is 0 Å². The van der Waals surface area contributed by atoms with Gasteiger partial charge in [-0.15, -0.1) is 11.8 Å². The second kappa shape index (κ2) is 11.9. The molecule has 1 saturated carbocycles.